The van der Waals surface area contributed by atoms with E-state index in [0.29, 0.717) is 23.6 Å². The van der Waals surface area contributed by atoms with Crippen LogP contribution in [-0.2, 0) is 13.1 Å². The minimum Gasteiger partial charge on any atom is -0.496 e. The number of alkyl halides is 2. The number of aromatic nitrogens is 5. The van der Waals surface area contributed by atoms with Crippen LogP contribution in [0.3, 0.4) is 0 Å². The average molecular weight is 505 g/mol. The molecule has 8 nitrogen and oxygen atoms in total. The summed E-state index contributed by atoms with van der Waals surface area (Å²) in [5.74, 6) is -0.0192. The highest BCUT2D eigenvalue weighted by Gasteiger charge is 2.22. The molecule has 0 aliphatic rings. The van der Waals surface area contributed by atoms with Crippen LogP contribution in [-0.4, -0.2) is 37.4 Å². The van der Waals surface area contributed by atoms with Crippen LogP contribution in [0.15, 0.2) is 47.2 Å². The van der Waals surface area contributed by atoms with Gasteiger partial charge in [-0.2, -0.15) is 10.2 Å². The van der Waals surface area contributed by atoms with Crippen molar-refractivity contribution in [3.05, 3.63) is 64.1 Å². The fourth-order valence-electron chi connectivity index (χ4n) is 3.27. The average Bonchev–Trinajstić information content (AvgIpc) is 3.39. The quantitative estimate of drug-likeness (QED) is 0.406. The van der Waals surface area contributed by atoms with Gasteiger partial charge in [-0.1, -0.05) is 12.1 Å². The minimum absolute atomic E-state index is 0.0272. The molecule has 0 saturated carbocycles. The number of carbonyl (C=O) groups excluding carboxylic acids is 1. The Labute approximate surface area is 190 Å². The van der Waals surface area contributed by atoms with E-state index < -0.39 is 12.3 Å². The molecular weight excluding hydrogens is 486 g/mol. The molecule has 1 aromatic carbocycles. The second-order valence-electron chi connectivity index (χ2n) is 6.82. The molecule has 0 unspecified atom stereocenters. The second-order valence-corrected chi connectivity index (χ2v) is 7.68. The predicted octanol–water partition coefficient (Wildman–Crippen LogP) is 4.25. The molecule has 1 N–H and O–H groups in total. The molecule has 0 radical (unpaired) electrons. The van der Waals surface area contributed by atoms with E-state index in [4.69, 9.17) is 4.74 Å². The van der Waals surface area contributed by atoms with Crippen LogP contribution in [0.5, 0.6) is 5.75 Å². The molecule has 32 heavy (non-hydrogen) atoms. The third kappa shape index (κ3) is 4.07. The summed E-state index contributed by atoms with van der Waals surface area (Å²) in [6.07, 6.45) is 0.223. The Kier molecular flexibility index (Phi) is 6.17. The molecule has 0 bridgehead atoms. The SMILES string of the molecule is CCn1cc(Br)c(CNC(=O)c2cnn3c(C(F)F)cc(-c4ccccc4OC)nc23)n1. The van der Waals surface area contributed by atoms with E-state index in [-0.39, 0.29) is 29.1 Å². The van der Waals surface area contributed by atoms with Crippen molar-refractivity contribution in [2.24, 2.45) is 0 Å². The molecule has 0 atom stereocenters. The lowest BCUT2D eigenvalue weighted by Crippen LogP contribution is -2.23. The monoisotopic (exact) mass is 504 g/mol. The Bertz CT molecular complexity index is 1290. The van der Waals surface area contributed by atoms with E-state index >= 15 is 0 Å². The lowest BCUT2D eigenvalue weighted by molar-refractivity contribution is 0.0951. The molecule has 166 valence electrons. The molecule has 3 heterocycles. The number of fused-ring (bicyclic) bond motifs is 1. The molecule has 1 amide bonds. The number of nitrogens with one attached hydrogen (secondary N) is 1. The number of benzene rings is 1. The number of hydrogen-bond acceptors (Lipinski definition) is 5. The Morgan fingerprint density at radius 1 is 1.31 bits per heavy atom. The van der Waals surface area contributed by atoms with Crippen molar-refractivity contribution in [3.63, 3.8) is 0 Å². The number of rotatable bonds is 7. The molecule has 4 rings (SSSR count). The summed E-state index contributed by atoms with van der Waals surface area (Å²) in [4.78, 5) is 17.3. The first-order valence-electron chi connectivity index (χ1n) is 9.73. The minimum atomic E-state index is -2.82. The van der Waals surface area contributed by atoms with Crippen LogP contribution in [0, 0.1) is 0 Å². The molecule has 0 spiro atoms. The van der Waals surface area contributed by atoms with Crippen molar-refractivity contribution in [1.29, 1.82) is 0 Å². The van der Waals surface area contributed by atoms with Gasteiger partial charge in [-0.3, -0.25) is 9.48 Å². The van der Waals surface area contributed by atoms with Crippen molar-refractivity contribution in [3.8, 4) is 17.0 Å². The highest BCUT2D eigenvalue weighted by Crippen LogP contribution is 2.32. The van der Waals surface area contributed by atoms with Gasteiger partial charge in [0, 0.05) is 18.3 Å². The maximum atomic E-state index is 13.8. The Morgan fingerprint density at radius 2 is 2.09 bits per heavy atom. The second kappa shape index (κ2) is 9.03. The number of ether oxygens (including phenoxy) is 1. The summed E-state index contributed by atoms with van der Waals surface area (Å²) in [5, 5.41) is 11.1. The third-order valence-corrected chi connectivity index (χ3v) is 5.54. The fourth-order valence-corrected chi connectivity index (χ4v) is 3.73. The van der Waals surface area contributed by atoms with Gasteiger partial charge in [-0.05, 0) is 41.1 Å². The smallest absolute Gasteiger partial charge is 0.280 e. The number of hydrogen-bond donors (Lipinski definition) is 1. The van der Waals surface area contributed by atoms with Crippen molar-refractivity contribution in [2.45, 2.75) is 26.4 Å². The van der Waals surface area contributed by atoms with E-state index in [9.17, 15) is 13.6 Å². The largest absolute Gasteiger partial charge is 0.496 e. The Hall–Kier alpha value is -3.34. The van der Waals surface area contributed by atoms with Crippen molar-refractivity contribution >= 4 is 27.5 Å². The van der Waals surface area contributed by atoms with Crippen molar-refractivity contribution in [1.82, 2.24) is 29.7 Å². The van der Waals surface area contributed by atoms with Gasteiger partial charge in [0.05, 0.1) is 35.7 Å². The van der Waals surface area contributed by atoms with Gasteiger partial charge in [0.25, 0.3) is 12.3 Å². The first kappa shape index (κ1) is 21.9. The predicted molar refractivity (Wildman–Crippen MR) is 117 cm³/mol. The molecule has 0 aliphatic carbocycles. The third-order valence-electron chi connectivity index (χ3n) is 4.88. The Morgan fingerprint density at radius 3 is 2.78 bits per heavy atom. The molecule has 11 heteroatoms. The lowest BCUT2D eigenvalue weighted by Gasteiger charge is -2.11. The topological polar surface area (TPSA) is 86.3 Å². The van der Waals surface area contributed by atoms with Gasteiger partial charge in [0.15, 0.2) is 5.65 Å². The van der Waals surface area contributed by atoms with Gasteiger partial charge in [-0.15, -0.1) is 0 Å². The highest BCUT2D eigenvalue weighted by molar-refractivity contribution is 9.10. The molecule has 0 saturated heterocycles. The Balaban J connectivity index is 1.73. The number of amides is 1. The van der Waals surface area contributed by atoms with Gasteiger partial charge in [0.1, 0.15) is 17.0 Å². The van der Waals surface area contributed by atoms with E-state index in [2.05, 4.69) is 36.4 Å². The van der Waals surface area contributed by atoms with Crippen LogP contribution >= 0.6 is 15.9 Å². The lowest BCUT2D eigenvalue weighted by atomic mass is 10.1. The number of methoxy groups -OCH3 is 1. The van der Waals surface area contributed by atoms with Crippen LogP contribution in [0.4, 0.5) is 8.78 Å². The number of aryl methyl sites for hydroxylation is 1. The summed E-state index contributed by atoms with van der Waals surface area (Å²) in [6, 6.07) is 8.19. The molecule has 3 aromatic heterocycles. The number of carbonyl (C=O) groups is 1. The fraction of sp³-hybridized carbons (Fsp3) is 0.238. The summed E-state index contributed by atoms with van der Waals surface area (Å²) >= 11 is 3.41. The molecule has 4 aromatic rings. The first-order chi connectivity index (χ1) is 15.4. The van der Waals surface area contributed by atoms with Gasteiger partial charge in [0.2, 0.25) is 0 Å². The van der Waals surface area contributed by atoms with Gasteiger partial charge < -0.3 is 10.1 Å². The number of nitrogens with zero attached hydrogens (tertiary/aromatic N) is 5. The van der Waals surface area contributed by atoms with Crippen molar-refractivity contribution in [2.75, 3.05) is 7.11 Å². The van der Waals surface area contributed by atoms with E-state index in [1.807, 2.05) is 13.1 Å². The molecule has 0 aliphatic heterocycles. The number of halogens is 3. The van der Waals surface area contributed by atoms with Crippen LogP contribution in [0.2, 0.25) is 0 Å². The van der Waals surface area contributed by atoms with Crippen LogP contribution in [0.1, 0.15) is 35.1 Å². The normalized spacial score (nSPS) is 11.3. The number of para-hydroxylation sites is 1. The van der Waals surface area contributed by atoms with E-state index in [1.165, 1.54) is 19.4 Å². The zero-order chi connectivity index (χ0) is 22.8. The summed E-state index contributed by atoms with van der Waals surface area (Å²) in [6.45, 7) is 2.79. The zero-order valence-corrected chi connectivity index (χ0v) is 18.8. The van der Waals surface area contributed by atoms with Gasteiger partial charge in [-0.25, -0.2) is 18.3 Å². The van der Waals surface area contributed by atoms with Crippen LogP contribution < -0.4 is 10.1 Å². The summed E-state index contributed by atoms with van der Waals surface area (Å²) in [7, 11) is 1.49. The van der Waals surface area contributed by atoms with Gasteiger partial charge >= 0.3 is 0 Å². The maximum absolute atomic E-state index is 13.8. The maximum Gasteiger partial charge on any atom is 0.280 e. The van der Waals surface area contributed by atoms with Crippen molar-refractivity contribution < 1.29 is 18.3 Å². The molecule has 0 fully saturated rings. The molecular formula is C21H19BrF2N6O2. The first-order valence-corrected chi connectivity index (χ1v) is 10.5. The highest BCUT2D eigenvalue weighted by atomic mass is 79.9. The van der Waals surface area contributed by atoms with Crippen LogP contribution in [0.25, 0.3) is 16.9 Å². The summed E-state index contributed by atoms with van der Waals surface area (Å²) < 4.78 is 36.4. The zero-order valence-electron chi connectivity index (χ0n) is 17.2. The standard InChI is InChI=1S/C21H19BrF2N6O2/c1-3-29-11-14(22)16(28-29)10-25-21(31)13-9-26-30-17(19(23)24)8-15(27-20(13)30)12-6-4-5-7-18(12)32-2/h4-9,11,19H,3,10H2,1-2H3,(H,25,31). The summed E-state index contributed by atoms with van der Waals surface area (Å²) in [5.41, 5.74) is 1.16. The van der Waals surface area contributed by atoms with E-state index in [0.717, 1.165) is 8.99 Å². The van der Waals surface area contributed by atoms with E-state index in [1.54, 1.807) is 28.9 Å².